The summed E-state index contributed by atoms with van der Waals surface area (Å²) in [6, 6.07) is 3.04. The molecule has 0 aliphatic heterocycles. The van der Waals surface area contributed by atoms with Crippen LogP contribution < -0.4 is 0 Å². The first-order chi connectivity index (χ1) is 6.45. The highest BCUT2D eigenvalue weighted by Crippen LogP contribution is 2.25. The summed E-state index contributed by atoms with van der Waals surface area (Å²) >= 11 is 5.60. The van der Waals surface area contributed by atoms with Crippen LogP contribution in [0, 0.1) is 0 Å². The molecule has 6 heteroatoms. The summed E-state index contributed by atoms with van der Waals surface area (Å²) in [5, 5.41) is -0.565. The van der Waals surface area contributed by atoms with E-state index < -0.39 is 14.3 Å². The lowest BCUT2D eigenvalue weighted by Gasteiger charge is -2.07. The third-order valence-electron chi connectivity index (χ3n) is 1.56. The Labute approximate surface area is 91.8 Å². The van der Waals surface area contributed by atoms with Gasteiger partial charge in [-0.25, -0.2) is 8.42 Å². The first-order valence-corrected chi connectivity index (χ1v) is 6.37. The molecule has 0 aliphatic carbocycles. The van der Waals surface area contributed by atoms with Crippen LogP contribution in [0.4, 0.5) is 0 Å². The molecule has 1 aromatic rings. The van der Waals surface area contributed by atoms with Crippen molar-refractivity contribution >= 4 is 31.3 Å². The molecular formula is C8H7Cl2NO2S. The molecule has 0 saturated carbocycles. The minimum Gasteiger partial charge on any atom is -0.258 e. The second-order valence-corrected chi connectivity index (χ2v) is 5.72. The Bertz CT molecular complexity index is 427. The van der Waals surface area contributed by atoms with Crippen LogP contribution in [0.3, 0.4) is 0 Å². The molecule has 14 heavy (non-hydrogen) atoms. The quantitative estimate of drug-likeness (QED) is 0.613. The minimum atomic E-state index is -3.73. The fraction of sp³-hybridized carbons (Fsp3) is 0.125. The van der Waals surface area contributed by atoms with Gasteiger partial charge in [-0.2, -0.15) is 0 Å². The molecule has 1 rings (SSSR count). The van der Waals surface area contributed by atoms with Gasteiger partial charge in [-0.05, 0) is 12.1 Å². The van der Waals surface area contributed by atoms with E-state index in [1.54, 1.807) is 6.07 Å². The van der Waals surface area contributed by atoms with Gasteiger partial charge in [0.2, 0.25) is 9.05 Å². The van der Waals surface area contributed by atoms with Gasteiger partial charge >= 0.3 is 0 Å². The second-order valence-electron chi connectivity index (χ2n) is 2.53. The van der Waals surface area contributed by atoms with Gasteiger partial charge in [0.25, 0.3) is 0 Å². The zero-order valence-electron chi connectivity index (χ0n) is 7.02. The monoisotopic (exact) mass is 251 g/mol. The van der Waals surface area contributed by atoms with Crippen molar-refractivity contribution in [3.8, 4) is 0 Å². The van der Waals surface area contributed by atoms with Crippen LogP contribution in [-0.4, -0.2) is 13.4 Å². The third-order valence-corrected chi connectivity index (χ3v) is 3.40. The highest BCUT2D eigenvalue weighted by molar-refractivity contribution is 8.14. The Morgan fingerprint density at radius 3 is 2.50 bits per heavy atom. The van der Waals surface area contributed by atoms with Gasteiger partial charge in [0.15, 0.2) is 0 Å². The first kappa shape index (κ1) is 11.5. The summed E-state index contributed by atoms with van der Waals surface area (Å²) < 4.78 is 22.1. The summed E-state index contributed by atoms with van der Waals surface area (Å²) in [5.74, 6) is 0. The van der Waals surface area contributed by atoms with Gasteiger partial charge in [0.1, 0.15) is 5.25 Å². The number of pyridine rings is 1. The summed E-state index contributed by atoms with van der Waals surface area (Å²) in [4.78, 5) is 3.85. The molecule has 0 spiro atoms. The van der Waals surface area contributed by atoms with E-state index >= 15 is 0 Å². The molecule has 1 heterocycles. The van der Waals surface area contributed by atoms with Gasteiger partial charge in [-0.3, -0.25) is 4.98 Å². The Morgan fingerprint density at radius 2 is 2.14 bits per heavy atom. The van der Waals surface area contributed by atoms with Crippen LogP contribution >= 0.6 is 22.3 Å². The van der Waals surface area contributed by atoms with Crippen LogP contribution in [0.5, 0.6) is 0 Å². The van der Waals surface area contributed by atoms with Gasteiger partial charge in [0, 0.05) is 16.9 Å². The topological polar surface area (TPSA) is 47.0 Å². The van der Waals surface area contributed by atoms with Crippen molar-refractivity contribution in [2.45, 2.75) is 5.25 Å². The molecule has 0 saturated heterocycles. The fourth-order valence-electron chi connectivity index (χ4n) is 0.935. The lowest BCUT2D eigenvalue weighted by atomic mass is 10.2. The molecule has 0 aromatic carbocycles. The molecule has 0 radical (unpaired) electrons. The predicted molar refractivity (Wildman–Crippen MR) is 57.0 cm³/mol. The second kappa shape index (κ2) is 4.29. The highest BCUT2D eigenvalue weighted by atomic mass is 35.7. The van der Waals surface area contributed by atoms with Crippen LogP contribution in [0.1, 0.15) is 10.9 Å². The predicted octanol–water partition coefficient (Wildman–Crippen LogP) is 2.53. The van der Waals surface area contributed by atoms with Crippen molar-refractivity contribution < 1.29 is 8.42 Å². The van der Waals surface area contributed by atoms with Crippen molar-refractivity contribution in [1.82, 2.24) is 4.98 Å². The molecule has 1 unspecified atom stereocenters. The molecule has 1 aromatic heterocycles. The lowest BCUT2D eigenvalue weighted by Crippen LogP contribution is -2.05. The maximum Gasteiger partial charge on any atom is 0.244 e. The molecule has 0 fully saturated rings. The number of rotatable bonds is 3. The van der Waals surface area contributed by atoms with Crippen LogP contribution in [0.2, 0.25) is 5.02 Å². The maximum atomic E-state index is 11.1. The van der Waals surface area contributed by atoms with E-state index in [1.807, 2.05) is 0 Å². The van der Waals surface area contributed by atoms with E-state index in [2.05, 4.69) is 11.6 Å². The minimum absolute atomic E-state index is 0.305. The van der Waals surface area contributed by atoms with Crippen molar-refractivity contribution in [2.75, 3.05) is 0 Å². The molecule has 0 aliphatic rings. The Balaban J connectivity index is 3.15. The SMILES string of the molecule is C=CC(c1ccc(Cl)cn1)S(=O)(=O)Cl. The van der Waals surface area contributed by atoms with E-state index in [4.69, 9.17) is 22.3 Å². The van der Waals surface area contributed by atoms with Crippen molar-refractivity contribution in [1.29, 1.82) is 0 Å². The summed E-state index contributed by atoms with van der Waals surface area (Å²) in [5.41, 5.74) is 0.305. The standard InChI is InChI=1S/C8H7Cl2NO2S/c1-2-8(14(10,12)13)7-4-3-6(9)5-11-7/h2-5,8H,1H2. The van der Waals surface area contributed by atoms with E-state index in [0.717, 1.165) is 0 Å². The Kier molecular flexibility index (Phi) is 3.53. The highest BCUT2D eigenvalue weighted by Gasteiger charge is 2.22. The van der Waals surface area contributed by atoms with Crippen LogP contribution in [-0.2, 0) is 9.05 Å². The number of nitrogens with zero attached hydrogens (tertiary/aromatic N) is 1. The summed E-state index contributed by atoms with van der Waals surface area (Å²) in [6.07, 6.45) is 2.58. The van der Waals surface area contributed by atoms with Crippen molar-refractivity contribution in [3.05, 3.63) is 41.7 Å². The van der Waals surface area contributed by atoms with Crippen molar-refractivity contribution in [2.24, 2.45) is 0 Å². The number of aromatic nitrogens is 1. The average molecular weight is 252 g/mol. The van der Waals surface area contributed by atoms with Crippen LogP contribution in [0.15, 0.2) is 31.0 Å². The molecule has 1 atom stereocenters. The summed E-state index contributed by atoms with van der Waals surface area (Å²) in [7, 11) is 1.47. The molecule has 76 valence electrons. The largest absolute Gasteiger partial charge is 0.258 e. The molecule has 0 N–H and O–H groups in total. The molecular weight excluding hydrogens is 245 g/mol. The summed E-state index contributed by atoms with van der Waals surface area (Å²) in [6.45, 7) is 3.39. The smallest absolute Gasteiger partial charge is 0.244 e. The normalized spacial score (nSPS) is 13.6. The van der Waals surface area contributed by atoms with Gasteiger partial charge < -0.3 is 0 Å². The third kappa shape index (κ3) is 2.70. The molecule has 0 bridgehead atoms. The van der Waals surface area contributed by atoms with E-state index in [9.17, 15) is 8.42 Å². The zero-order valence-corrected chi connectivity index (χ0v) is 9.35. The Hall–Kier alpha value is -0.580. The van der Waals surface area contributed by atoms with Crippen LogP contribution in [0.25, 0.3) is 0 Å². The lowest BCUT2D eigenvalue weighted by molar-refractivity contribution is 0.603. The molecule has 0 amide bonds. The van der Waals surface area contributed by atoms with E-state index in [1.165, 1.54) is 18.3 Å². The first-order valence-electron chi connectivity index (χ1n) is 3.62. The zero-order chi connectivity index (χ0) is 10.8. The van der Waals surface area contributed by atoms with Gasteiger partial charge in [0.05, 0.1) is 10.7 Å². The maximum absolute atomic E-state index is 11.1. The molecule has 3 nitrogen and oxygen atoms in total. The Morgan fingerprint density at radius 1 is 1.50 bits per heavy atom. The number of hydrogen-bond donors (Lipinski definition) is 0. The number of hydrogen-bond acceptors (Lipinski definition) is 3. The van der Waals surface area contributed by atoms with Gasteiger partial charge in [-0.15, -0.1) is 6.58 Å². The average Bonchev–Trinajstić information content (AvgIpc) is 2.07. The van der Waals surface area contributed by atoms with Gasteiger partial charge in [-0.1, -0.05) is 17.7 Å². The van der Waals surface area contributed by atoms with Crippen molar-refractivity contribution in [3.63, 3.8) is 0 Å². The van der Waals surface area contributed by atoms with E-state index in [-0.39, 0.29) is 0 Å². The number of halogens is 2. The fourth-order valence-corrected chi connectivity index (χ4v) is 2.20. The van der Waals surface area contributed by atoms with E-state index in [0.29, 0.717) is 10.7 Å².